The lowest BCUT2D eigenvalue weighted by Crippen LogP contribution is -2.20. The number of allylic oxidation sites excluding steroid dienone is 1. The number of benzene rings is 2. The fourth-order valence-electron chi connectivity index (χ4n) is 2.20. The second-order valence-electron chi connectivity index (χ2n) is 5.14. The first kappa shape index (κ1) is 12.6. The number of hydrogen-bond donors (Lipinski definition) is 0. The molecule has 0 amide bonds. The minimum Gasteiger partial charge on any atom is -0.102 e. The monoisotopic (exact) mass is 236 g/mol. The lowest BCUT2D eigenvalue weighted by Gasteiger charge is -2.27. The van der Waals surface area contributed by atoms with Crippen LogP contribution in [0.5, 0.6) is 0 Å². The van der Waals surface area contributed by atoms with Crippen molar-refractivity contribution in [1.29, 1.82) is 0 Å². The van der Waals surface area contributed by atoms with E-state index in [0.29, 0.717) is 0 Å². The van der Waals surface area contributed by atoms with Gasteiger partial charge in [-0.25, -0.2) is 0 Å². The third-order valence-electron chi connectivity index (χ3n) is 3.71. The molecular weight excluding hydrogens is 216 g/mol. The van der Waals surface area contributed by atoms with Crippen molar-refractivity contribution in [3.8, 4) is 0 Å². The zero-order chi connectivity index (χ0) is 13.2. The Labute approximate surface area is 110 Å². The average Bonchev–Trinajstić information content (AvgIpc) is 2.39. The Hall–Kier alpha value is -1.82. The van der Waals surface area contributed by atoms with Crippen molar-refractivity contribution >= 4 is 0 Å². The highest BCUT2D eigenvalue weighted by molar-refractivity contribution is 5.44. The molecular formula is C18H20. The van der Waals surface area contributed by atoms with Crippen molar-refractivity contribution < 1.29 is 0 Å². The first-order valence-corrected chi connectivity index (χ1v) is 6.34. The van der Waals surface area contributed by atoms with Gasteiger partial charge in [-0.1, -0.05) is 65.7 Å². The zero-order valence-corrected chi connectivity index (χ0v) is 11.4. The van der Waals surface area contributed by atoms with Crippen molar-refractivity contribution in [2.45, 2.75) is 26.2 Å². The highest BCUT2D eigenvalue weighted by Crippen LogP contribution is 2.33. The normalized spacial score (nSPS) is 11.3. The molecule has 0 saturated carbocycles. The Morgan fingerprint density at radius 2 is 1.11 bits per heavy atom. The SMILES string of the molecule is C=CC(C)(c1ccc(C)cc1)c1ccc(C)cc1. The predicted molar refractivity (Wildman–Crippen MR) is 79.0 cm³/mol. The summed E-state index contributed by atoms with van der Waals surface area (Å²) >= 11 is 0. The molecule has 0 unspecified atom stereocenters. The van der Waals surface area contributed by atoms with Gasteiger partial charge in [0.25, 0.3) is 0 Å². The molecule has 2 rings (SSSR count). The van der Waals surface area contributed by atoms with Crippen LogP contribution in [0, 0.1) is 13.8 Å². The van der Waals surface area contributed by atoms with Crippen molar-refractivity contribution in [3.63, 3.8) is 0 Å². The maximum Gasteiger partial charge on any atom is 0.0351 e. The number of aryl methyl sites for hydroxylation is 2. The van der Waals surface area contributed by atoms with E-state index in [4.69, 9.17) is 0 Å². The Morgan fingerprint density at radius 3 is 1.39 bits per heavy atom. The van der Waals surface area contributed by atoms with Gasteiger partial charge in [-0.05, 0) is 31.9 Å². The molecule has 92 valence electrons. The van der Waals surface area contributed by atoms with Gasteiger partial charge < -0.3 is 0 Å². The third kappa shape index (κ3) is 2.24. The van der Waals surface area contributed by atoms with Crippen molar-refractivity contribution in [3.05, 3.63) is 83.4 Å². The van der Waals surface area contributed by atoms with Gasteiger partial charge in [0.2, 0.25) is 0 Å². The van der Waals surface area contributed by atoms with Gasteiger partial charge in [0.15, 0.2) is 0 Å². The molecule has 0 nitrogen and oxygen atoms in total. The molecule has 0 radical (unpaired) electrons. The molecule has 0 heterocycles. The molecule has 0 bridgehead atoms. The molecule has 0 aromatic heterocycles. The van der Waals surface area contributed by atoms with E-state index in [1.165, 1.54) is 22.3 Å². The second-order valence-corrected chi connectivity index (χ2v) is 5.14. The van der Waals surface area contributed by atoms with Gasteiger partial charge in [-0.15, -0.1) is 6.58 Å². The van der Waals surface area contributed by atoms with Gasteiger partial charge >= 0.3 is 0 Å². The predicted octanol–water partition coefficient (Wildman–Crippen LogP) is 4.80. The summed E-state index contributed by atoms with van der Waals surface area (Å²) in [4.78, 5) is 0. The maximum atomic E-state index is 4.03. The van der Waals surface area contributed by atoms with Crippen LogP contribution in [0.4, 0.5) is 0 Å². The van der Waals surface area contributed by atoms with Crippen molar-refractivity contribution in [1.82, 2.24) is 0 Å². The molecule has 0 aliphatic carbocycles. The Kier molecular flexibility index (Phi) is 3.38. The molecule has 2 aromatic rings. The summed E-state index contributed by atoms with van der Waals surface area (Å²) in [5.41, 5.74) is 5.02. The minimum atomic E-state index is -0.124. The van der Waals surface area contributed by atoms with Crippen LogP contribution in [-0.4, -0.2) is 0 Å². The molecule has 2 aromatic carbocycles. The van der Waals surface area contributed by atoms with Crippen LogP contribution >= 0.6 is 0 Å². The van der Waals surface area contributed by atoms with Crippen LogP contribution < -0.4 is 0 Å². The first-order chi connectivity index (χ1) is 8.56. The van der Waals surface area contributed by atoms with Gasteiger partial charge in [-0.3, -0.25) is 0 Å². The van der Waals surface area contributed by atoms with Crippen LogP contribution in [0.1, 0.15) is 29.2 Å². The molecule has 0 heteroatoms. The standard InChI is InChI=1S/C18H20/c1-5-18(4,16-10-6-14(2)7-11-16)17-12-8-15(3)9-13-17/h5-13H,1H2,2-4H3. The fraction of sp³-hybridized carbons (Fsp3) is 0.222. The molecule has 0 aliphatic heterocycles. The summed E-state index contributed by atoms with van der Waals surface area (Å²) in [5, 5.41) is 0. The van der Waals surface area contributed by atoms with E-state index in [2.05, 4.69) is 75.9 Å². The molecule has 0 aliphatic rings. The van der Waals surface area contributed by atoms with Gasteiger partial charge in [0.05, 0.1) is 0 Å². The van der Waals surface area contributed by atoms with E-state index in [0.717, 1.165) is 0 Å². The van der Waals surface area contributed by atoms with E-state index < -0.39 is 0 Å². The minimum absolute atomic E-state index is 0.124. The highest BCUT2D eigenvalue weighted by Gasteiger charge is 2.24. The number of hydrogen-bond acceptors (Lipinski definition) is 0. The van der Waals surface area contributed by atoms with Crippen LogP contribution in [0.3, 0.4) is 0 Å². The molecule has 18 heavy (non-hydrogen) atoms. The van der Waals surface area contributed by atoms with Gasteiger partial charge in [-0.2, -0.15) is 0 Å². The Bertz CT molecular complexity index is 484. The molecule has 0 saturated heterocycles. The topological polar surface area (TPSA) is 0 Å². The maximum absolute atomic E-state index is 4.03. The smallest absolute Gasteiger partial charge is 0.0351 e. The fourth-order valence-corrected chi connectivity index (χ4v) is 2.20. The summed E-state index contributed by atoms with van der Waals surface area (Å²) in [6, 6.07) is 17.4. The summed E-state index contributed by atoms with van der Waals surface area (Å²) in [6.07, 6.45) is 2.03. The summed E-state index contributed by atoms with van der Waals surface area (Å²) in [5.74, 6) is 0. The van der Waals surface area contributed by atoms with Crippen molar-refractivity contribution in [2.24, 2.45) is 0 Å². The molecule has 0 atom stereocenters. The quantitative estimate of drug-likeness (QED) is 0.672. The van der Waals surface area contributed by atoms with Crippen LogP contribution in [-0.2, 0) is 5.41 Å². The van der Waals surface area contributed by atoms with Gasteiger partial charge in [0, 0.05) is 5.41 Å². The average molecular weight is 236 g/mol. The third-order valence-corrected chi connectivity index (χ3v) is 3.71. The lowest BCUT2D eigenvalue weighted by molar-refractivity contribution is 0.725. The molecule has 0 fully saturated rings. The highest BCUT2D eigenvalue weighted by atomic mass is 14.3. The molecule has 0 spiro atoms. The van der Waals surface area contributed by atoms with Crippen LogP contribution in [0.25, 0.3) is 0 Å². The largest absolute Gasteiger partial charge is 0.102 e. The summed E-state index contributed by atoms with van der Waals surface area (Å²) in [7, 11) is 0. The Morgan fingerprint density at radius 1 is 0.778 bits per heavy atom. The van der Waals surface area contributed by atoms with E-state index in [1.807, 2.05) is 6.08 Å². The van der Waals surface area contributed by atoms with Crippen LogP contribution in [0.2, 0.25) is 0 Å². The van der Waals surface area contributed by atoms with Crippen LogP contribution in [0.15, 0.2) is 61.2 Å². The summed E-state index contributed by atoms with van der Waals surface area (Å²) in [6.45, 7) is 10.5. The van der Waals surface area contributed by atoms with Crippen molar-refractivity contribution in [2.75, 3.05) is 0 Å². The van der Waals surface area contributed by atoms with Gasteiger partial charge in [0.1, 0.15) is 0 Å². The first-order valence-electron chi connectivity index (χ1n) is 6.34. The lowest BCUT2D eigenvalue weighted by atomic mass is 9.76. The zero-order valence-electron chi connectivity index (χ0n) is 11.4. The summed E-state index contributed by atoms with van der Waals surface area (Å²) < 4.78 is 0. The molecule has 0 N–H and O–H groups in total. The second kappa shape index (κ2) is 4.81. The van der Waals surface area contributed by atoms with E-state index in [1.54, 1.807) is 0 Å². The number of rotatable bonds is 3. The van der Waals surface area contributed by atoms with E-state index in [9.17, 15) is 0 Å². The Balaban J connectivity index is 2.50. The van der Waals surface area contributed by atoms with E-state index >= 15 is 0 Å². The van der Waals surface area contributed by atoms with E-state index in [-0.39, 0.29) is 5.41 Å².